The number of benzene rings is 2. The second-order valence-corrected chi connectivity index (χ2v) is 4.90. The number of nitrogens with zero attached hydrogens (tertiary/aromatic N) is 3. The van der Waals surface area contributed by atoms with Gasteiger partial charge in [-0.05, 0) is 49.2 Å². The topological polar surface area (TPSA) is 61.0 Å². The maximum atomic E-state index is 13.8. The average molecular weight is 285 g/mol. The summed E-state index contributed by atoms with van der Waals surface area (Å²) >= 11 is 0. The van der Waals surface area contributed by atoms with Crippen LogP contribution >= 0.6 is 0 Å². The molecule has 0 saturated carbocycles. The van der Waals surface area contributed by atoms with Gasteiger partial charge in [0.1, 0.15) is 12.0 Å². The quantitative estimate of drug-likeness (QED) is 0.533. The van der Waals surface area contributed by atoms with E-state index in [9.17, 15) is 14.5 Å². The van der Waals surface area contributed by atoms with Gasteiger partial charge in [0, 0.05) is 0 Å². The van der Waals surface area contributed by atoms with Gasteiger partial charge < -0.3 is 0 Å². The Morgan fingerprint density at radius 2 is 1.95 bits per heavy atom. The van der Waals surface area contributed by atoms with Gasteiger partial charge in [0.25, 0.3) is 0 Å². The molecule has 0 saturated heterocycles. The second-order valence-electron chi connectivity index (χ2n) is 4.90. The highest BCUT2D eigenvalue weighted by Crippen LogP contribution is 2.29. The van der Waals surface area contributed by atoms with E-state index in [1.54, 1.807) is 4.57 Å². The highest BCUT2D eigenvalue weighted by molar-refractivity contribution is 5.80. The molecule has 6 heteroatoms. The van der Waals surface area contributed by atoms with Crippen molar-refractivity contribution in [3.63, 3.8) is 0 Å². The number of hydrogen-bond acceptors (Lipinski definition) is 3. The van der Waals surface area contributed by atoms with Crippen LogP contribution in [-0.4, -0.2) is 14.5 Å². The Morgan fingerprint density at radius 1 is 1.24 bits per heavy atom. The highest BCUT2D eigenvalue weighted by atomic mass is 19.1. The fraction of sp³-hybridized carbons (Fsp3) is 0.133. The van der Waals surface area contributed by atoms with Gasteiger partial charge in [-0.1, -0.05) is 6.07 Å². The summed E-state index contributed by atoms with van der Waals surface area (Å²) in [6, 6.07) is 7.84. The molecule has 1 heterocycles. The second kappa shape index (κ2) is 4.66. The predicted octanol–water partition coefficient (Wildman–Crippen LogP) is 3.69. The molecule has 0 atom stereocenters. The van der Waals surface area contributed by atoms with Gasteiger partial charge in [0.05, 0.1) is 16.0 Å². The third-order valence-corrected chi connectivity index (χ3v) is 3.57. The Morgan fingerprint density at radius 3 is 2.67 bits per heavy atom. The Labute approximate surface area is 119 Å². The largest absolute Gasteiger partial charge is 0.328 e. The zero-order valence-corrected chi connectivity index (χ0v) is 11.5. The van der Waals surface area contributed by atoms with Crippen molar-refractivity contribution in [1.82, 2.24) is 9.55 Å². The van der Waals surface area contributed by atoms with Crippen molar-refractivity contribution in [2.24, 2.45) is 0 Å². The van der Waals surface area contributed by atoms with Crippen LogP contribution in [0.15, 0.2) is 36.7 Å². The van der Waals surface area contributed by atoms with Crippen LogP contribution in [-0.2, 0) is 0 Å². The first-order chi connectivity index (χ1) is 9.99. The van der Waals surface area contributed by atoms with Crippen molar-refractivity contribution in [2.45, 2.75) is 13.8 Å². The van der Waals surface area contributed by atoms with E-state index >= 15 is 0 Å². The van der Waals surface area contributed by atoms with Crippen molar-refractivity contribution >= 4 is 16.7 Å². The molecule has 5 nitrogen and oxygen atoms in total. The van der Waals surface area contributed by atoms with Crippen LogP contribution in [0.5, 0.6) is 0 Å². The van der Waals surface area contributed by atoms with Gasteiger partial charge in [0.15, 0.2) is 0 Å². The molecule has 3 aromatic rings. The molecule has 106 valence electrons. The zero-order chi connectivity index (χ0) is 15.1. The van der Waals surface area contributed by atoms with E-state index in [-0.39, 0.29) is 5.69 Å². The summed E-state index contributed by atoms with van der Waals surface area (Å²) in [7, 11) is 0. The molecule has 0 aliphatic heterocycles. The van der Waals surface area contributed by atoms with Crippen LogP contribution in [0.4, 0.5) is 10.1 Å². The summed E-state index contributed by atoms with van der Waals surface area (Å²) in [6.07, 6.45) is 1.48. The zero-order valence-electron chi connectivity index (χ0n) is 11.5. The molecule has 0 radical (unpaired) electrons. The van der Waals surface area contributed by atoms with E-state index in [1.807, 2.05) is 26.0 Å². The van der Waals surface area contributed by atoms with Gasteiger partial charge >= 0.3 is 5.69 Å². The first-order valence-corrected chi connectivity index (χ1v) is 6.36. The minimum atomic E-state index is -0.858. The Hall–Kier alpha value is -2.76. The van der Waals surface area contributed by atoms with Crippen LogP contribution < -0.4 is 0 Å². The summed E-state index contributed by atoms with van der Waals surface area (Å²) in [5.74, 6) is -0.858. The fourth-order valence-corrected chi connectivity index (χ4v) is 2.34. The Kier molecular flexibility index (Phi) is 2.94. The summed E-state index contributed by atoms with van der Waals surface area (Å²) < 4.78 is 15.3. The van der Waals surface area contributed by atoms with Crippen LogP contribution in [0.1, 0.15) is 11.1 Å². The Balaban J connectivity index is 2.34. The van der Waals surface area contributed by atoms with E-state index in [0.717, 1.165) is 22.7 Å². The lowest BCUT2D eigenvalue weighted by atomic mass is 10.1. The number of halogens is 1. The van der Waals surface area contributed by atoms with Gasteiger partial charge in [-0.2, -0.15) is 4.39 Å². The molecule has 0 fully saturated rings. The molecule has 0 N–H and O–H groups in total. The van der Waals surface area contributed by atoms with Crippen LogP contribution in [0.2, 0.25) is 0 Å². The van der Waals surface area contributed by atoms with Crippen molar-refractivity contribution in [1.29, 1.82) is 0 Å². The minimum Gasteiger partial charge on any atom is -0.292 e. The number of rotatable bonds is 2. The molecule has 0 spiro atoms. The maximum absolute atomic E-state index is 13.8. The normalized spacial score (nSPS) is 11.0. The van der Waals surface area contributed by atoms with E-state index in [1.165, 1.54) is 18.5 Å². The maximum Gasteiger partial charge on any atom is 0.328 e. The smallest absolute Gasteiger partial charge is 0.292 e. The first kappa shape index (κ1) is 13.2. The summed E-state index contributed by atoms with van der Waals surface area (Å²) in [4.78, 5) is 14.7. The molecule has 3 rings (SSSR count). The minimum absolute atomic E-state index is 0.172. The molecular weight excluding hydrogens is 273 g/mol. The molecule has 0 amide bonds. The van der Waals surface area contributed by atoms with Crippen molar-refractivity contribution in [3.8, 4) is 5.69 Å². The summed E-state index contributed by atoms with van der Waals surface area (Å²) in [5.41, 5.74) is 3.19. The van der Waals surface area contributed by atoms with E-state index in [4.69, 9.17) is 0 Å². The number of nitro groups is 1. The number of aryl methyl sites for hydroxylation is 2. The summed E-state index contributed by atoms with van der Waals surface area (Å²) in [6.45, 7) is 3.92. The van der Waals surface area contributed by atoms with Crippen LogP contribution in [0, 0.1) is 29.8 Å². The van der Waals surface area contributed by atoms with E-state index in [2.05, 4.69) is 4.98 Å². The fourth-order valence-electron chi connectivity index (χ4n) is 2.34. The lowest BCUT2D eigenvalue weighted by Gasteiger charge is -2.07. The third-order valence-electron chi connectivity index (χ3n) is 3.57. The lowest BCUT2D eigenvalue weighted by Crippen LogP contribution is -2.01. The molecular formula is C15H12FN3O2. The van der Waals surface area contributed by atoms with Gasteiger partial charge in [0.2, 0.25) is 5.82 Å². The summed E-state index contributed by atoms with van der Waals surface area (Å²) in [5, 5.41) is 11.1. The molecule has 0 aliphatic carbocycles. The number of nitro benzene ring substituents is 1. The first-order valence-electron chi connectivity index (χ1n) is 6.36. The number of fused-ring (bicyclic) bond motifs is 1. The van der Waals surface area contributed by atoms with Gasteiger partial charge in [-0.3, -0.25) is 14.7 Å². The number of para-hydroxylation sites is 1. The van der Waals surface area contributed by atoms with Crippen LogP contribution in [0.3, 0.4) is 0 Å². The van der Waals surface area contributed by atoms with E-state index in [0.29, 0.717) is 5.52 Å². The molecule has 2 aromatic carbocycles. The average Bonchev–Trinajstić information content (AvgIpc) is 2.81. The third kappa shape index (κ3) is 2.05. The van der Waals surface area contributed by atoms with Crippen molar-refractivity contribution in [3.05, 3.63) is 63.7 Å². The molecule has 0 bridgehead atoms. The highest BCUT2D eigenvalue weighted by Gasteiger charge is 2.22. The van der Waals surface area contributed by atoms with Gasteiger partial charge in [-0.15, -0.1) is 0 Å². The number of hydrogen-bond donors (Lipinski definition) is 0. The van der Waals surface area contributed by atoms with Crippen molar-refractivity contribution in [2.75, 3.05) is 0 Å². The molecule has 1 aromatic heterocycles. The molecule has 21 heavy (non-hydrogen) atoms. The molecule has 0 aliphatic rings. The predicted molar refractivity (Wildman–Crippen MR) is 77.2 cm³/mol. The van der Waals surface area contributed by atoms with Crippen molar-refractivity contribution < 1.29 is 9.31 Å². The van der Waals surface area contributed by atoms with Gasteiger partial charge in [-0.25, -0.2) is 4.98 Å². The number of imidazole rings is 1. The SMILES string of the molecule is Cc1cc2ncn(-c3cccc(F)c3[N+](=O)[O-])c2cc1C. The van der Waals surface area contributed by atoms with E-state index < -0.39 is 16.4 Å². The van der Waals surface area contributed by atoms with Crippen LogP contribution in [0.25, 0.3) is 16.7 Å². The molecule has 0 unspecified atom stereocenters. The number of aromatic nitrogens is 2. The lowest BCUT2D eigenvalue weighted by molar-refractivity contribution is -0.387. The monoisotopic (exact) mass is 285 g/mol. The standard InChI is InChI=1S/C15H12FN3O2/c1-9-6-12-14(7-10(9)2)18(8-17-12)13-5-3-4-11(16)15(13)19(20)21/h3-8H,1-2H3. The Bertz CT molecular complexity index is 871.